The molecule has 2 aliphatic heterocycles. The van der Waals surface area contributed by atoms with Gasteiger partial charge in [0, 0.05) is 43.7 Å². The Morgan fingerprint density at radius 1 is 1.13 bits per heavy atom. The number of aromatic nitrogens is 3. The molecule has 1 aliphatic carbocycles. The first kappa shape index (κ1) is 18.9. The van der Waals surface area contributed by atoms with Gasteiger partial charge in [-0.15, -0.1) is 0 Å². The summed E-state index contributed by atoms with van der Waals surface area (Å²) < 4.78 is 7.67. The van der Waals surface area contributed by atoms with E-state index in [9.17, 15) is 4.79 Å². The van der Waals surface area contributed by atoms with Crippen LogP contribution in [0.25, 0.3) is 11.1 Å². The molecule has 0 N–H and O–H groups in total. The SMILES string of the molecule is Cn1cc(-c2ccccc2)c(C(=O)N2CC3CCC2CC3COc2ccccn2)n1. The first-order chi connectivity index (χ1) is 14.7. The molecule has 1 aromatic carbocycles. The Hall–Kier alpha value is -3.15. The lowest BCUT2D eigenvalue weighted by Gasteiger charge is -2.49. The fraction of sp³-hybridized carbons (Fsp3) is 0.375. The van der Waals surface area contributed by atoms with Gasteiger partial charge in [-0.25, -0.2) is 4.98 Å². The average molecular weight is 402 g/mol. The Labute approximate surface area is 176 Å². The largest absolute Gasteiger partial charge is 0.477 e. The predicted molar refractivity (Wildman–Crippen MR) is 114 cm³/mol. The molecule has 3 aliphatic rings. The summed E-state index contributed by atoms with van der Waals surface area (Å²) in [5, 5.41) is 4.53. The number of pyridine rings is 1. The second-order valence-electron chi connectivity index (χ2n) is 8.35. The van der Waals surface area contributed by atoms with E-state index in [1.807, 2.05) is 61.8 Å². The van der Waals surface area contributed by atoms with Crippen LogP contribution in [0, 0.1) is 11.8 Å². The van der Waals surface area contributed by atoms with Crippen LogP contribution in [0.15, 0.2) is 60.9 Å². The highest BCUT2D eigenvalue weighted by Crippen LogP contribution is 2.40. The van der Waals surface area contributed by atoms with Gasteiger partial charge in [-0.2, -0.15) is 5.10 Å². The second-order valence-corrected chi connectivity index (χ2v) is 8.35. The molecular formula is C24H26N4O2. The zero-order valence-corrected chi connectivity index (χ0v) is 17.1. The van der Waals surface area contributed by atoms with Crippen molar-refractivity contribution in [1.82, 2.24) is 19.7 Å². The summed E-state index contributed by atoms with van der Waals surface area (Å²) in [5.41, 5.74) is 2.48. The van der Waals surface area contributed by atoms with Crippen LogP contribution in [0.1, 0.15) is 29.8 Å². The summed E-state index contributed by atoms with van der Waals surface area (Å²) in [6.07, 6.45) is 6.88. The molecule has 0 spiro atoms. The Morgan fingerprint density at radius 2 is 1.97 bits per heavy atom. The van der Waals surface area contributed by atoms with Gasteiger partial charge in [-0.05, 0) is 42.7 Å². The van der Waals surface area contributed by atoms with Crippen molar-refractivity contribution in [1.29, 1.82) is 0 Å². The lowest BCUT2D eigenvalue weighted by atomic mass is 9.72. The maximum Gasteiger partial charge on any atom is 0.275 e. The Balaban J connectivity index is 1.31. The summed E-state index contributed by atoms with van der Waals surface area (Å²) in [6, 6.07) is 16.0. The highest BCUT2D eigenvalue weighted by atomic mass is 16.5. The molecule has 3 aromatic rings. The number of rotatable bonds is 5. The fourth-order valence-electron chi connectivity index (χ4n) is 4.92. The summed E-state index contributed by atoms with van der Waals surface area (Å²) in [4.78, 5) is 19.8. The van der Waals surface area contributed by atoms with Crippen molar-refractivity contribution < 1.29 is 9.53 Å². The minimum Gasteiger partial charge on any atom is -0.477 e. The van der Waals surface area contributed by atoms with Crippen molar-refractivity contribution in [3.63, 3.8) is 0 Å². The Morgan fingerprint density at radius 3 is 2.70 bits per heavy atom. The van der Waals surface area contributed by atoms with Crippen LogP contribution in [0.2, 0.25) is 0 Å². The van der Waals surface area contributed by atoms with Gasteiger partial charge in [0.2, 0.25) is 5.88 Å². The van der Waals surface area contributed by atoms with Crippen molar-refractivity contribution in [2.45, 2.75) is 25.3 Å². The van der Waals surface area contributed by atoms with Crippen LogP contribution in [-0.4, -0.2) is 44.8 Å². The van der Waals surface area contributed by atoms with Gasteiger partial charge in [0.15, 0.2) is 5.69 Å². The minimum absolute atomic E-state index is 0.0493. The number of nitrogens with zero attached hydrogens (tertiary/aromatic N) is 4. The van der Waals surface area contributed by atoms with E-state index in [0.29, 0.717) is 30.0 Å². The molecular weight excluding hydrogens is 376 g/mol. The van der Waals surface area contributed by atoms with Crippen LogP contribution in [-0.2, 0) is 7.05 Å². The molecule has 30 heavy (non-hydrogen) atoms. The number of piperidine rings is 2. The molecule has 2 bridgehead atoms. The predicted octanol–water partition coefficient (Wildman–Crippen LogP) is 3.80. The smallest absolute Gasteiger partial charge is 0.275 e. The highest BCUT2D eigenvalue weighted by molar-refractivity contribution is 5.99. The highest BCUT2D eigenvalue weighted by Gasteiger charge is 2.43. The quantitative estimate of drug-likeness (QED) is 0.651. The molecule has 3 atom stereocenters. The van der Waals surface area contributed by atoms with Crippen LogP contribution < -0.4 is 4.74 Å². The molecule has 2 saturated heterocycles. The van der Waals surface area contributed by atoms with E-state index < -0.39 is 0 Å². The lowest BCUT2D eigenvalue weighted by Crippen LogP contribution is -2.55. The number of aryl methyl sites for hydroxylation is 1. The standard InChI is InChI=1S/C24H26N4O2/c1-27-15-21(17-7-3-2-4-8-17)23(26-27)24(29)28-14-18-10-11-20(28)13-19(18)16-30-22-9-5-6-12-25-22/h2-9,12,15,18-20H,10-11,13-14,16H2,1H3. The van der Waals surface area contributed by atoms with Gasteiger partial charge >= 0.3 is 0 Å². The van der Waals surface area contributed by atoms with Crippen molar-refractivity contribution in [3.05, 3.63) is 66.6 Å². The number of fused-ring (bicyclic) bond motifs is 3. The molecule has 6 nitrogen and oxygen atoms in total. The second kappa shape index (κ2) is 7.94. The fourth-order valence-corrected chi connectivity index (χ4v) is 4.92. The molecule has 6 heteroatoms. The van der Waals surface area contributed by atoms with E-state index >= 15 is 0 Å². The third-order valence-electron chi connectivity index (χ3n) is 6.44. The van der Waals surface area contributed by atoms with Crippen LogP contribution in [0.3, 0.4) is 0 Å². The molecule has 6 rings (SSSR count). The first-order valence-electron chi connectivity index (χ1n) is 10.6. The Bertz CT molecular complexity index is 1020. The number of carbonyl (C=O) groups excluding carboxylic acids is 1. The maximum atomic E-state index is 13.5. The van der Waals surface area contributed by atoms with Gasteiger partial charge in [0.05, 0.1) is 6.61 Å². The summed E-state index contributed by atoms with van der Waals surface area (Å²) in [7, 11) is 1.87. The van der Waals surface area contributed by atoms with Crippen LogP contribution in [0.5, 0.6) is 5.88 Å². The van der Waals surface area contributed by atoms with Gasteiger partial charge in [-0.3, -0.25) is 9.48 Å². The summed E-state index contributed by atoms with van der Waals surface area (Å²) in [6.45, 7) is 1.45. The Kier molecular flexibility index (Phi) is 4.99. The molecule has 2 aromatic heterocycles. The van der Waals surface area contributed by atoms with E-state index in [0.717, 1.165) is 36.9 Å². The molecule has 154 valence electrons. The van der Waals surface area contributed by atoms with Gasteiger partial charge < -0.3 is 9.64 Å². The molecule has 3 unspecified atom stereocenters. The topological polar surface area (TPSA) is 60.2 Å². The number of amides is 1. The van der Waals surface area contributed by atoms with Crippen LogP contribution in [0.4, 0.5) is 0 Å². The monoisotopic (exact) mass is 402 g/mol. The van der Waals surface area contributed by atoms with E-state index in [-0.39, 0.29) is 11.9 Å². The summed E-state index contributed by atoms with van der Waals surface area (Å²) in [5.74, 6) is 1.65. The third-order valence-corrected chi connectivity index (χ3v) is 6.44. The van der Waals surface area contributed by atoms with Gasteiger partial charge in [0.1, 0.15) is 0 Å². The molecule has 3 fully saturated rings. The maximum absolute atomic E-state index is 13.5. The van der Waals surface area contributed by atoms with Crippen molar-refractivity contribution in [3.8, 4) is 17.0 Å². The zero-order chi connectivity index (χ0) is 20.5. The normalized spacial score (nSPS) is 22.8. The molecule has 1 amide bonds. The van der Waals surface area contributed by atoms with Gasteiger partial charge in [0.25, 0.3) is 5.91 Å². The molecule has 0 radical (unpaired) electrons. The third kappa shape index (κ3) is 3.58. The van der Waals surface area contributed by atoms with E-state index in [2.05, 4.69) is 15.0 Å². The average Bonchev–Trinajstić information content (AvgIpc) is 3.20. The number of carbonyl (C=O) groups is 1. The molecule has 1 saturated carbocycles. The van der Waals surface area contributed by atoms with Crippen molar-refractivity contribution in [2.24, 2.45) is 18.9 Å². The van der Waals surface area contributed by atoms with E-state index in [4.69, 9.17) is 4.74 Å². The lowest BCUT2D eigenvalue weighted by molar-refractivity contribution is -0.00505. The van der Waals surface area contributed by atoms with Crippen molar-refractivity contribution >= 4 is 5.91 Å². The minimum atomic E-state index is 0.0493. The van der Waals surface area contributed by atoms with E-state index in [1.165, 1.54) is 0 Å². The van der Waals surface area contributed by atoms with Gasteiger partial charge in [-0.1, -0.05) is 36.4 Å². The number of ether oxygens (including phenoxy) is 1. The van der Waals surface area contributed by atoms with Crippen LogP contribution >= 0.6 is 0 Å². The zero-order valence-electron chi connectivity index (χ0n) is 17.1. The van der Waals surface area contributed by atoms with E-state index in [1.54, 1.807) is 10.9 Å². The summed E-state index contributed by atoms with van der Waals surface area (Å²) >= 11 is 0. The molecule has 4 heterocycles. The number of hydrogen-bond acceptors (Lipinski definition) is 4. The van der Waals surface area contributed by atoms with Crippen molar-refractivity contribution in [2.75, 3.05) is 13.2 Å². The number of hydrogen-bond donors (Lipinski definition) is 0. The first-order valence-corrected chi connectivity index (χ1v) is 10.6. The number of benzene rings is 1.